The molecule has 146 valence electrons. The summed E-state index contributed by atoms with van der Waals surface area (Å²) in [6.07, 6.45) is 2.63. The summed E-state index contributed by atoms with van der Waals surface area (Å²) >= 11 is 10.6. The zero-order valence-corrected chi connectivity index (χ0v) is 18.6. The number of amides is 2. The number of halogens is 2. The van der Waals surface area contributed by atoms with Gasteiger partial charge in [-0.1, -0.05) is 52.7 Å². The van der Waals surface area contributed by atoms with Crippen molar-refractivity contribution < 1.29 is 14.3 Å². The lowest BCUT2D eigenvalue weighted by molar-refractivity contribution is -0.123. The van der Waals surface area contributed by atoms with Crippen molar-refractivity contribution in [3.63, 3.8) is 0 Å². The predicted molar refractivity (Wildman–Crippen MR) is 117 cm³/mol. The van der Waals surface area contributed by atoms with Gasteiger partial charge in [-0.05, 0) is 66.6 Å². The fourth-order valence-electron chi connectivity index (χ4n) is 2.56. The third-order valence-electron chi connectivity index (χ3n) is 4.28. The summed E-state index contributed by atoms with van der Waals surface area (Å²) in [6, 6.07) is 12.9. The van der Waals surface area contributed by atoms with Crippen molar-refractivity contribution in [2.75, 3.05) is 0 Å². The van der Waals surface area contributed by atoms with Crippen LogP contribution in [0.5, 0.6) is 5.75 Å². The fraction of sp³-hybridized carbons (Fsp3) is 0.238. The maximum atomic E-state index is 12.7. The average molecular weight is 481 g/mol. The molecule has 2 amide bonds. The van der Waals surface area contributed by atoms with Gasteiger partial charge >= 0.3 is 0 Å². The smallest absolute Gasteiger partial charge is 0.293 e. The number of nitrogens with zero attached hydrogens (tertiary/aromatic N) is 1. The van der Waals surface area contributed by atoms with Crippen LogP contribution in [-0.4, -0.2) is 22.2 Å². The molecule has 0 spiro atoms. The van der Waals surface area contributed by atoms with Crippen molar-refractivity contribution in [3.05, 3.63) is 68.0 Å². The molecular weight excluding hydrogens is 462 g/mol. The Morgan fingerprint density at radius 3 is 2.57 bits per heavy atom. The van der Waals surface area contributed by atoms with Gasteiger partial charge in [-0.3, -0.25) is 14.5 Å². The van der Waals surface area contributed by atoms with Crippen molar-refractivity contribution in [2.24, 2.45) is 0 Å². The molecule has 0 N–H and O–H groups in total. The molecule has 2 aromatic carbocycles. The summed E-state index contributed by atoms with van der Waals surface area (Å²) in [6.45, 7) is 4.26. The Bertz CT molecular complexity index is 930. The third-order valence-corrected chi connectivity index (χ3v) is 6.02. The summed E-state index contributed by atoms with van der Waals surface area (Å²) in [5.41, 5.74) is 1.64. The van der Waals surface area contributed by atoms with E-state index in [1.165, 1.54) is 4.90 Å². The van der Waals surface area contributed by atoms with Gasteiger partial charge in [0.2, 0.25) is 0 Å². The first kappa shape index (κ1) is 21.0. The van der Waals surface area contributed by atoms with Gasteiger partial charge in [-0.15, -0.1) is 0 Å². The SMILES string of the molecule is CC[C@@H](C)Oc1ccc(/C=C2\SC(=O)N(Cc3ccc(Br)cc3)C2=O)cc1Cl. The number of thioether (sulfide) groups is 1. The van der Waals surface area contributed by atoms with Crippen LogP contribution in [-0.2, 0) is 11.3 Å². The second-order valence-electron chi connectivity index (χ2n) is 6.42. The molecule has 28 heavy (non-hydrogen) atoms. The number of rotatable bonds is 6. The molecule has 1 saturated heterocycles. The van der Waals surface area contributed by atoms with E-state index in [4.69, 9.17) is 16.3 Å². The molecule has 1 aliphatic rings. The van der Waals surface area contributed by atoms with Gasteiger partial charge in [0.1, 0.15) is 5.75 Å². The lowest BCUT2D eigenvalue weighted by Gasteiger charge is -2.14. The maximum Gasteiger partial charge on any atom is 0.293 e. The van der Waals surface area contributed by atoms with Gasteiger partial charge in [0, 0.05) is 4.47 Å². The van der Waals surface area contributed by atoms with E-state index in [0.29, 0.717) is 15.7 Å². The van der Waals surface area contributed by atoms with E-state index in [-0.39, 0.29) is 23.8 Å². The zero-order valence-electron chi connectivity index (χ0n) is 15.4. The van der Waals surface area contributed by atoms with Crippen LogP contribution in [0.3, 0.4) is 0 Å². The van der Waals surface area contributed by atoms with Gasteiger partial charge < -0.3 is 4.74 Å². The van der Waals surface area contributed by atoms with E-state index in [9.17, 15) is 9.59 Å². The van der Waals surface area contributed by atoms with Gasteiger partial charge in [0.25, 0.3) is 11.1 Å². The Hall–Kier alpha value is -1.76. The molecular formula is C21H19BrClNO3S. The standard InChI is InChI=1S/C21H19BrClNO3S/c1-3-13(2)27-18-9-6-15(10-17(18)23)11-19-20(25)24(21(26)28-19)12-14-4-7-16(22)8-5-14/h4-11,13H,3,12H2,1-2H3/b19-11-/t13-/m1/s1. The van der Waals surface area contributed by atoms with Crippen molar-refractivity contribution in [3.8, 4) is 5.75 Å². The van der Waals surface area contributed by atoms with E-state index < -0.39 is 0 Å². The number of hydrogen-bond acceptors (Lipinski definition) is 4. The number of carbonyl (C=O) groups is 2. The first-order valence-electron chi connectivity index (χ1n) is 8.83. The minimum atomic E-state index is -0.297. The quantitative estimate of drug-likeness (QED) is 0.442. The Balaban J connectivity index is 1.76. The second-order valence-corrected chi connectivity index (χ2v) is 8.74. The van der Waals surface area contributed by atoms with Crippen LogP contribution in [0.25, 0.3) is 6.08 Å². The topological polar surface area (TPSA) is 46.6 Å². The van der Waals surface area contributed by atoms with Crippen LogP contribution < -0.4 is 4.74 Å². The molecule has 2 aromatic rings. The van der Waals surface area contributed by atoms with E-state index in [1.54, 1.807) is 18.2 Å². The summed E-state index contributed by atoms with van der Waals surface area (Å²) in [7, 11) is 0. The molecule has 7 heteroatoms. The van der Waals surface area contributed by atoms with Gasteiger partial charge in [0.15, 0.2) is 0 Å². The highest BCUT2D eigenvalue weighted by Gasteiger charge is 2.35. The first-order chi connectivity index (χ1) is 13.4. The summed E-state index contributed by atoms with van der Waals surface area (Å²) in [5.74, 6) is 0.311. The highest BCUT2D eigenvalue weighted by molar-refractivity contribution is 9.10. The van der Waals surface area contributed by atoms with Crippen LogP contribution >= 0.6 is 39.3 Å². The Morgan fingerprint density at radius 1 is 1.21 bits per heavy atom. The van der Waals surface area contributed by atoms with Crippen molar-refractivity contribution in [2.45, 2.75) is 32.9 Å². The second kappa shape index (κ2) is 9.16. The number of benzene rings is 2. The summed E-state index contributed by atoms with van der Waals surface area (Å²) in [5, 5.41) is 0.199. The lowest BCUT2D eigenvalue weighted by Crippen LogP contribution is -2.27. The van der Waals surface area contributed by atoms with Crippen LogP contribution in [0.1, 0.15) is 31.4 Å². The Kier molecular flexibility index (Phi) is 6.86. The monoisotopic (exact) mass is 479 g/mol. The summed E-state index contributed by atoms with van der Waals surface area (Å²) < 4.78 is 6.71. The number of carbonyl (C=O) groups excluding carboxylic acids is 2. The minimum Gasteiger partial charge on any atom is -0.489 e. The highest BCUT2D eigenvalue weighted by atomic mass is 79.9. The largest absolute Gasteiger partial charge is 0.489 e. The molecule has 4 nitrogen and oxygen atoms in total. The Labute approximate surface area is 182 Å². The molecule has 0 radical (unpaired) electrons. The molecule has 3 rings (SSSR count). The zero-order chi connectivity index (χ0) is 20.3. The molecule has 0 aromatic heterocycles. The minimum absolute atomic E-state index is 0.0680. The number of imide groups is 1. The maximum absolute atomic E-state index is 12.7. The van der Waals surface area contributed by atoms with Gasteiger partial charge in [0.05, 0.1) is 22.6 Å². The molecule has 0 bridgehead atoms. The number of ether oxygens (including phenoxy) is 1. The van der Waals surface area contributed by atoms with Crippen LogP contribution in [0.4, 0.5) is 4.79 Å². The van der Waals surface area contributed by atoms with Crippen molar-refractivity contribution in [1.82, 2.24) is 4.90 Å². The fourth-order valence-corrected chi connectivity index (χ4v) is 3.90. The molecule has 1 heterocycles. The molecule has 1 fully saturated rings. The predicted octanol–water partition coefficient (Wildman–Crippen LogP) is 6.52. The van der Waals surface area contributed by atoms with Gasteiger partial charge in [-0.25, -0.2) is 0 Å². The average Bonchev–Trinajstić information content (AvgIpc) is 2.93. The van der Waals surface area contributed by atoms with Crippen LogP contribution in [0, 0.1) is 0 Å². The van der Waals surface area contributed by atoms with Crippen molar-refractivity contribution in [1.29, 1.82) is 0 Å². The molecule has 0 unspecified atom stereocenters. The molecule has 0 saturated carbocycles. The normalized spacial score (nSPS) is 16.7. The Morgan fingerprint density at radius 2 is 1.93 bits per heavy atom. The van der Waals surface area contributed by atoms with E-state index in [2.05, 4.69) is 15.9 Å². The lowest BCUT2D eigenvalue weighted by atomic mass is 10.2. The van der Waals surface area contributed by atoms with E-state index >= 15 is 0 Å². The molecule has 0 aliphatic carbocycles. The van der Waals surface area contributed by atoms with E-state index in [1.807, 2.05) is 44.2 Å². The van der Waals surface area contributed by atoms with E-state index in [0.717, 1.165) is 33.8 Å². The molecule has 1 atom stereocenters. The first-order valence-corrected chi connectivity index (χ1v) is 10.8. The molecule has 1 aliphatic heterocycles. The van der Waals surface area contributed by atoms with Crippen LogP contribution in [0.15, 0.2) is 51.8 Å². The highest BCUT2D eigenvalue weighted by Crippen LogP contribution is 2.35. The van der Waals surface area contributed by atoms with Crippen molar-refractivity contribution >= 4 is 56.5 Å². The summed E-state index contributed by atoms with van der Waals surface area (Å²) in [4.78, 5) is 26.6. The third kappa shape index (κ3) is 4.99. The number of hydrogen-bond donors (Lipinski definition) is 0. The van der Waals surface area contributed by atoms with Gasteiger partial charge in [-0.2, -0.15) is 0 Å². The van der Waals surface area contributed by atoms with Crippen LogP contribution in [0.2, 0.25) is 5.02 Å².